The van der Waals surface area contributed by atoms with E-state index in [0.29, 0.717) is 18.8 Å². The number of anilines is 1. The van der Waals surface area contributed by atoms with Crippen LogP contribution in [-0.2, 0) is 4.74 Å². The van der Waals surface area contributed by atoms with Crippen molar-refractivity contribution in [2.45, 2.75) is 26.3 Å². The van der Waals surface area contributed by atoms with Crippen molar-refractivity contribution in [1.29, 1.82) is 0 Å². The summed E-state index contributed by atoms with van der Waals surface area (Å²) in [5.41, 5.74) is 0.568. The molecule has 0 fully saturated rings. The van der Waals surface area contributed by atoms with Crippen LogP contribution in [0.2, 0.25) is 0 Å². The summed E-state index contributed by atoms with van der Waals surface area (Å²) in [5.74, 6) is -0.320. The number of carbonyl (C=O) groups excluding carboxylic acids is 1. The molecule has 0 radical (unpaired) electrons. The van der Waals surface area contributed by atoms with E-state index in [9.17, 15) is 14.9 Å². The van der Waals surface area contributed by atoms with Crippen molar-refractivity contribution in [3.63, 3.8) is 0 Å². The highest BCUT2D eigenvalue weighted by Crippen LogP contribution is 2.26. The van der Waals surface area contributed by atoms with Crippen molar-refractivity contribution < 1.29 is 14.5 Å². The van der Waals surface area contributed by atoms with Crippen LogP contribution in [0, 0.1) is 10.1 Å². The van der Waals surface area contributed by atoms with Crippen LogP contribution in [-0.4, -0.2) is 37.1 Å². The van der Waals surface area contributed by atoms with Crippen molar-refractivity contribution >= 4 is 17.3 Å². The summed E-state index contributed by atoms with van der Waals surface area (Å²) >= 11 is 0. The number of amides is 1. The van der Waals surface area contributed by atoms with Gasteiger partial charge >= 0.3 is 0 Å². The zero-order valence-electron chi connectivity index (χ0n) is 12.5. The Kier molecular flexibility index (Phi) is 6.61. The summed E-state index contributed by atoms with van der Waals surface area (Å²) in [7, 11) is 1.61. The van der Waals surface area contributed by atoms with Gasteiger partial charge in [0.25, 0.3) is 11.6 Å². The SMILES string of the molecule is CCNC(=O)c1ccc(NC(C)CCOC)c([N+](=O)[O-])c1. The van der Waals surface area contributed by atoms with Gasteiger partial charge in [-0.05, 0) is 32.4 Å². The van der Waals surface area contributed by atoms with E-state index in [1.54, 1.807) is 26.2 Å². The van der Waals surface area contributed by atoms with Crippen molar-refractivity contribution in [2.24, 2.45) is 0 Å². The first-order chi connectivity index (χ1) is 9.99. The van der Waals surface area contributed by atoms with Crippen LogP contribution < -0.4 is 10.6 Å². The second kappa shape index (κ2) is 8.21. The molecule has 1 atom stereocenters. The molecular weight excluding hydrogens is 274 g/mol. The third kappa shape index (κ3) is 5.03. The highest BCUT2D eigenvalue weighted by atomic mass is 16.6. The van der Waals surface area contributed by atoms with E-state index in [4.69, 9.17) is 4.74 Å². The molecular formula is C14H21N3O4. The van der Waals surface area contributed by atoms with Gasteiger partial charge < -0.3 is 15.4 Å². The fourth-order valence-electron chi connectivity index (χ4n) is 1.84. The zero-order chi connectivity index (χ0) is 15.8. The number of rotatable bonds is 8. The summed E-state index contributed by atoms with van der Waals surface area (Å²) in [6.07, 6.45) is 0.728. The highest BCUT2D eigenvalue weighted by Gasteiger charge is 2.18. The maximum atomic E-state index is 11.7. The Balaban J connectivity index is 2.94. The minimum atomic E-state index is -0.492. The summed E-state index contributed by atoms with van der Waals surface area (Å²) in [5, 5.41) is 16.8. The Morgan fingerprint density at radius 2 is 2.19 bits per heavy atom. The van der Waals surface area contributed by atoms with Gasteiger partial charge in [0.15, 0.2) is 0 Å². The first-order valence-corrected chi connectivity index (χ1v) is 6.81. The van der Waals surface area contributed by atoms with Crippen molar-refractivity contribution in [2.75, 3.05) is 25.6 Å². The van der Waals surface area contributed by atoms with Crippen molar-refractivity contribution in [3.05, 3.63) is 33.9 Å². The monoisotopic (exact) mass is 295 g/mol. The Hall–Kier alpha value is -2.15. The zero-order valence-corrected chi connectivity index (χ0v) is 12.5. The predicted molar refractivity (Wildman–Crippen MR) is 80.7 cm³/mol. The van der Waals surface area contributed by atoms with Crippen LogP contribution in [0.25, 0.3) is 0 Å². The van der Waals surface area contributed by atoms with Gasteiger partial charge in [-0.3, -0.25) is 14.9 Å². The molecule has 0 bridgehead atoms. The Morgan fingerprint density at radius 1 is 1.48 bits per heavy atom. The number of methoxy groups -OCH3 is 1. The maximum Gasteiger partial charge on any atom is 0.293 e. The predicted octanol–water partition coefficient (Wildman–Crippen LogP) is 2.18. The Bertz CT molecular complexity index is 505. The van der Waals surface area contributed by atoms with Gasteiger partial charge in [0, 0.05) is 37.9 Å². The molecule has 0 aliphatic rings. The number of nitrogens with one attached hydrogen (secondary N) is 2. The average molecular weight is 295 g/mol. The lowest BCUT2D eigenvalue weighted by Gasteiger charge is -2.15. The molecule has 1 amide bonds. The van der Waals surface area contributed by atoms with Crippen LogP contribution in [0.5, 0.6) is 0 Å². The number of nitro benzene ring substituents is 1. The molecule has 1 aromatic carbocycles. The average Bonchev–Trinajstić information content (AvgIpc) is 2.45. The lowest BCUT2D eigenvalue weighted by Crippen LogP contribution is -2.23. The number of carbonyl (C=O) groups is 1. The van der Waals surface area contributed by atoms with Crippen molar-refractivity contribution in [3.8, 4) is 0 Å². The third-order valence-corrected chi connectivity index (χ3v) is 2.95. The van der Waals surface area contributed by atoms with Gasteiger partial charge in [-0.15, -0.1) is 0 Å². The third-order valence-electron chi connectivity index (χ3n) is 2.95. The minimum absolute atomic E-state index is 0.0268. The fourth-order valence-corrected chi connectivity index (χ4v) is 1.84. The molecule has 1 rings (SSSR count). The first-order valence-electron chi connectivity index (χ1n) is 6.81. The van der Waals surface area contributed by atoms with Gasteiger partial charge in [-0.1, -0.05) is 0 Å². The lowest BCUT2D eigenvalue weighted by atomic mass is 10.1. The van der Waals surface area contributed by atoms with E-state index >= 15 is 0 Å². The molecule has 0 saturated heterocycles. The number of nitro groups is 1. The van der Waals surface area contributed by atoms with Crippen molar-refractivity contribution in [1.82, 2.24) is 5.32 Å². The number of nitrogens with zero attached hydrogens (tertiary/aromatic N) is 1. The second-order valence-corrected chi connectivity index (χ2v) is 4.68. The molecule has 7 nitrogen and oxygen atoms in total. The molecule has 0 heterocycles. The molecule has 1 aromatic rings. The van der Waals surface area contributed by atoms with E-state index in [2.05, 4.69) is 10.6 Å². The lowest BCUT2D eigenvalue weighted by molar-refractivity contribution is -0.384. The summed E-state index contributed by atoms with van der Waals surface area (Å²) in [6, 6.07) is 4.45. The standard InChI is InChI=1S/C14H21N3O4/c1-4-15-14(18)11-5-6-12(13(9-11)17(19)20)16-10(2)7-8-21-3/h5-6,9-10,16H,4,7-8H2,1-3H3,(H,15,18). The molecule has 0 spiro atoms. The van der Waals surface area contributed by atoms with E-state index in [1.807, 2.05) is 6.92 Å². The second-order valence-electron chi connectivity index (χ2n) is 4.68. The van der Waals surface area contributed by atoms with E-state index < -0.39 is 4.92 Å². The molecule has 0 aromatic heterocycles. The van der Waals surface area contributed by atoms with E-state index in [-0.39, 0.29) is 23.2 Å². The quantitative estimate of drug-likeness (QED) is 0.566. The van der Waals surface area contributed by atoms with E-state index in [0.717, 1.165) is 6.42 Å². The fraction of sp³-hybridized carbons (Fsp3) is 0.500. The van der Waals surface area contributed by atoms with Gasteiger partial charge in [0.1, 0.15) is 5.69 Å². The van der Waals surface area contributed by atoms with Gasteiger partial charge in [0.05, 0.1) is 4.92 Å². The molecule has 0 aliphatic carbocycles. The van der Waals surface area contributed by atoms with Crippen LogP contribution in [0.1, 0.15) is 30.6 Å². The molecule has 7 heteroatoms. The topological polar surface area (TPSA) is 93.5 Å². The normalized spacial score (nSPS) is 11.8. The summed E-state index contributed by atoms with van der Waals surface area (Å²) in [6.45, 7) is 4.75. The molecule has 0 aliphatic heterocycles. The van der Waals surface area contributed by atoms with Gasteiger partial charge in [-0.25, -0.2) is 0 Å². The molecule has 116 valence electrons. The minimum Gasteiger partial charge on any atom is -0.385 e. The van der Waals surface area contributed by atoms with Crippen LogP contribution >= 0.6 is 0 Å². The van der Waals surface area contributed by atoms with Crippen LogP contribution in [0.3, 0.4) is 0 Å². The maximum absolute atomic E-state index is 11.7. The molecule has 0 saturated carbocycles. The van der Waals surface area contributed by atoms with E-state index in [1.165, 1.54) is 6.07 Å². The number of hydrogen-bond donors (Lipinski definition) is 2. The first kappa shape index (κ1) is 16.9. The summed E-state index contributed by atoms with van der Waals surface area (Å²) < 4.78 is 4.98. The van der Waals surface area contributed by atoms with Gasteiger partial charge in [-0.2, -0.15) is 0 Å². The van der Waals surface area contributed by atoms with Crippen LogP contribution in [0.4, 0.5) is 11.4 Å². The molecule has 2 N–H and O–H groups in total. The summed E-state index contributed by atoms with van der Waals surface area (Å²) in [4.78, 5) is 22.4. The Labute approximate surface area is 123 Å². The number of ether oxygens (including phenoxy) is 1. The van der Waals surface area contributed by atoms with Crippen LogP contribution in [0.15, 0.2) is 18.2 Å². The van der Waals surface area contributed by atoms with Gasteiger partial charge in [0.2, 0.25) is 0 Å². The smallest absolute Gasteiger partial charge is 0.293 e. The number of hydrogen-bond acceptors (Lipinski definition) is 5. The molecule has 21 heavy (non-hydrogen) atoms. The Morgan fingerprint density at radius 3 is 2.76 bits per heavy atom. The number of benzene rings is 1. The highest BCUT2D eigenvalue weighted by molar-refractivity contribution is 5.95. The largest absolute Gasteiger partial charge is 0.385 e. The molecule has 1 unspecified atom stereocenters.